The van der Waals surface area contributed by atoms with Crippen LogP contribution < -0.4 is 11.5 Å². The van der Waals surface area contributed by atoms with Crippen molar-refractivity contribution < 1.29 is 19.8 Å². The van der Waals surface area contributed by atoms with Crippen molar-refractivity contribution in [1.29, 1.82) is 0 Å². The zero-order valence-corrected chi connectivity index (χ0v) is 9.83. The topological polar surface area (TPSA) is 155 Å². The number of H-pyrrole nitrogens is 1. The van der Waals surface area contributed by atoms with Gasteiger partial charge in [0, 0.05) is 24.2 Å². The molecule has 1 aromatic rings. The highest BCUT2D eigenvalue weighted by Crippen LogP contribution is 2.23. The molecule has 0 spiro atoms. The summed E-state index contributed by atoms with van der Waals surface area (Å²) in [4.78, 5) is 28.6. The number of nitrogens with zero attached hydrogens (tertiary/aromatic N) is 1. The van der Waals surface area contributed by atoms with Crippen LogP contribution in [0.4, 0.5) is 0 Å². The fourth-order valence-electron chi connectivity index (χ4n) is 1.64. The van der Waals surface area contributed by atoms with Crippen molar-refractivity contribution >= 4 is 11.9 Å². The molecule has 8 heteroatoms. The summed E-state index contributed by atoms with van der Waals surface area (Å²) in [5, 5.41) is 18.1. The van der Waals surface area contributed by atoms with Gasteiger partial charge in [-0.1, -0.05) is 6.92 Å². The van der Waals surface area contributed by atoms with Gasteiger partial charge in [0.1, 0.15) is 0 Å². The first-order valence-corrected chi connectivity index (χ1v) is 5.28. The van der Waals surface area contributed by atoms with E-state index in [2.05, 4.69) is 9.97 Å². The summed E-state index contributed by atoms with van der Waals surface area (Å²) in [7, 11) is 0. The van der Waals surface area contributed by atoms with Crippen LogP contribution in [0.1, 0.15) is 12.6 Å². The lowest BCUT2D eigenvalue weighted by Gasteiger charge is -2.31. The number of aliphatic carboxylic acids is 2. The van der Waals surface area contributed by atoms with Crippen LogP contribution in [0.2, 0.25) is 0 Å². The molecule has 2 unspecified atom stereocenters. The van der Waals surface area contributed by atoms with Crippen molar-refractivity contribution in [2.75, 3.05) is 0 Å². The summed E-state index contributed by atoms with van der Waals surface area (Å²) >= 11 is 0. The van der Waals surface area contributed by atoms with Crippen LogP contribution >= 0.6 is 0 Å². The van der Waals surface area contributed by atoms with Crippen molar-refractivity contribution in [3.05, 3.63) is 18.2 Å². The highest BCUT2D eigenvalue weighted by atomic mass is 16.4. The van der Waals surface area contributed by atoms with Gasteiger partial charge in [-0.15, -0.1) is 0 Å². The fourth-order valence-corrected chi connectivity index (χ4v) is 1.64. The van der Waals surface area contributed by atoms with Gasteiger partial charge in [-0.3, -0.25) is 4.79 Å². The molecule has 100 valence electrons. The van der Waals surface area contributed by atoms with E-state index in [1.807, 2.05) is 0 Å². The number of carboxylic acid groups (broad SMARTS) is 2. The van der Waals surface area contributed by atoms with Crippen LogP contribution in [0.5, 0.6) is 0 Å². The minimum absolute atomic E-state index is 0.0833. The van der Waals surface area contributed by atoms with Gasteiger partial charge in [0.05, 0.1) is 12.2 Å². The van der Waals surface area contributed by atoms with Gasteiger partial charge in [-0.05, 0) is 0 Å². The van der Waals surface area contributed by atoms with Gasteiger partial charge in [0.2, 0.25) is 0 Å². The third-order valence-corrected chi connectivity index (χ3v) is 3.04. The Hall–Kier alpha value is -1.93. The van der Waals surface area contributed by atoms with Crippen molar-refractivity contribution in [2.45, 2.75) is 19.0 Å². The number of aromatic amines is 1. The molecular weight excluding hydrogens is 240 g/mol. The Labute approximate surface area is 103 Å². The highest BCUT2D eigenvalue weighted by molar-refractivity contribution is 5.80. The Morgan fingerprint density at radius 2 is 2.11 bits per heavy atom. The average molecular weight is 256 g/mol. The van der Waals surface area contributed by atoms with Gasteiger partial charge in [-0.25, -0.2) is 9.78 Å². The van der Waals surface area contributed by atoms with Crippen molar-refractivity contribution in [1.82, 2.24) is 9.97 Å². The second kappa shape index (κ2) is 5.15. The van der Waals surface area contributed by atoms with Gasteiger partial charge in [0.15, 0.2) is 5.66 Å². The zero-order valence-electron chi connectivity index (χ0n) is 9.83. The van der Waals surface area contributed by atoms with E-state index in [0.29, 0.717) is 5.69 Å². The average Bonchev–Trinajstić information content (AvgIpc) is 2.76. The predicted octanol–water partition coefficient (Wildman–Crippen LogP) is -1.01. The fraction of sp³-hybridized carbons (Fsp3) is 0.500. The molecule has 0 aliphatic heterocycles. The molecule has 0 aromatic carbocycles. The summed E-state index contributed by atoms with van der Waals surface area (Å²) in [6.45, 7) is 1.41. The van der Waals surface area contributed by atoms with Gasteiger partial charge >= 0.3 is 11.9 Å². The third-order valence-electron chi connectivity index (χ3n) is 3.04. The molecule has 0 amide bonds. The van der Waals surface area contributed by atoms with Crippen LogP contribution in [0.15, 0.2) is 12.5 Å². The molecule has 2 atom stereocenters. The minimum Gasteiger partial charge on any atom is -0.481 e. The van der Waals surface area contributed by atoms with Crippen LogP contribution in [-0.2, 0) is 16.0 Å². The van der Waals surface area contributed by atoms with Crippen LogP contribution in [-0.4, -0.2) is 37.8 Å². The Kier molecular flexibility index (Phi) is 4.04. The number of hydrogen-bond donors (Lipinski definition) is 5. The van der Waals surface area contributed by atoms with E-state index in [-0.39, 0.29) is 6.42 Å². The second-order valence-electron chi connectivity index (χ2n) is 4.25. The molecule has 1 heterocycles. The molecule has 7 N–H and O–H groups in total. The number of rotatable bonds is 6. The summed E-state index contributed by atoms with van der Waals surface area (Å²) in [5.74, 6) is -4.56. The molecule has 0 aliphatic rings. The number of hydrogen-bond acceptors (Lipinski definition) is 5. The first kappa shape index (κ1) is 14.1. The lowest BCUT2D eigenvalue weighted by atomic mass is 9.81. The summed E-state index contributed by atoms with van der Waals surface area (Å²) < 4.78 is 0. The van der Waals surface area contributed by atoms with E-state index in [1.54, 1.807) is 0 Å². The maximum Gasteiger partial charge on any atom is 0.338 e. The second-order valence-corrected chi connectivity index (χ2v) is 4.25. The summed E-state index contributed by atoms with van der Waals surface area (Å²) in [6.07, 6.45) is 2.96. The lowest BCUT2D eigenvalue weighted by Crippen LogP contribution is -2.63. The predicted molar refractivity (Wildman–Crippen MR) is 61.3 cm³/mol. The first-order chi connectivity index (χ1) is 8.26. The van der Waals surface area contributed by atoms with E-state index < -0.39 is 29.4 Å². The molecule has 0 bridgehead atoms. The molecular formula is C10H16N4O4. The van der Waals surface area contributed by atoms with Crippen LogP contribution in [0.25, 0.3) is 0 Å². The quantitative estimate of drug-likeness (QED) is 0.408. The Morgan fingerprint density at radius 3 is 2.50 bits per heavy atom. The molecule has 1 aromatic heterocycles. The number of aromatic nitrogens is 2. The van der Waals surface area contributed by atoms with E-state index in [9.17, 15) is 9.59 Å². The van der Waals surface area contributed by atoms with Crippen molar-refractivity contribution in [3.8, 4) is 0 Å². The zero-order chi connectivity index (χ0) is 13.9. The Bertz CT molecular complexity index is 429. The SMILES string of the molecule is CC(C(Cc1cnc[nH]1)C(=O)O)C(N)(N)C(=O)O. The molecule has 18 heavy (non-hydrogen) atoms. The first-order valence-electron chi connectivity index (χ1n) is 5.28. The molecule has 0 saturated heterocycles. The number of imidazole rings is 1. The molecule has 0 fully saturated rings. The molecule has 0 radical (unpaired) electrons. The standard InChI is InChI=1S/C10H16N4O4/c1-5(10(11,12)9(17)18)7(8(15)16)2-6-3-13-4-14-6/h3-5,7H,2,11-12H2,1H3,(H,13,14)(H,15,16)(H,17,18). The molecule has 0 aliphatic carbocycles. The normalized spacial score (nSPS) is 15.1. The van der Waals surface area contributed by atoms with Crippen molar-refractivity contribution in [3.63, 3.8) is 0 Å². The number of carboxylic acids is 2. The third kappa shape index (κ3) is 2.84. The minimum atomic E-state index is -2.09. The highest BCUT2D eigenvalue weighted by Gasteiger charge is 2.43. The summed E-state index contributed by atoms with van der Waals surface area (Å²) in [6, 6.07) is 0. The summed E-state index contributed by atoms with van der Waals surface area (Å²) in [5.41, 5.74) is 9.40. The molecule has 8 nitrogen and oxygen atoms in total. The largest absolute Gasteiger partial charge is 0.481 e. The van der Waals surface area contributed by atoms with Crippen LogP contribution in [0.3, 0.4) is 0 Å². The van der Waals surface area contributed by atoms with E-state index in [1.165, 1.54) is 19.4 Å². The maximum absolute atomic E-state index is 11.2. The van der Waals surface area contributed by atoms with Gasteiger partial charge in [0.25, 0.3) is 0 Å². The van der Waals surface area contributed by atoms with Gasteiger partial charge < -0.3 is 26.7 Å². The Morgan fingerprint density at radius 1 is 1.50 bits per heavy atom. The number of nitrogens with two attached hydrogens (primary N) is 2. The molecule has 0 saturated carbocycles. The maximum atomic E-state index is 11.2. The van der Waals surface area contributed by atoms with Crippen LogP contribution in [0, 0.1) is 11.8 Å². The number of carbonyl (C=O) groups is 2. The smallest absolute Gasteiger partial charge is 0.338 e. The molecule has 1 rings (SSSR count). The monoisotopic (exact) mass is 256 g/mol. The van der Waals surface area contributed by atoms with E-state index in [4.69, 9.17) is 21.7 Å². The van der Waals surface area contributed by atoms with E-state index in [0.717, 1.165) is 0 Å². The Balaban J connectivity index is 2.92. The number of nitrogens with one attached hydrogen (secondary N) is 1. The lowest BCUT2D eigenvalue weighted by molar-refractivity contribution is -0.150. The van der Waals surface area contributed by atoms with E-state index >= 15 is 0 Å². The van der Waals surface area contributed by atoms with Crippen molar-refractivity contribution in [2.24, 2.45) is 23.3 Å². The van der Waals surface area contributed by atoms with Gasteiger partial charge in [-0.2, -0.15) is 0 Å².